The molecule has 0 aliphatic carbocycles. The first-order chi connectivity index (χ1) is 8.99. The van der Waals surface area contributed by atoms with E-state index in [-0.39, 0.29) is 16.3 Å². The SMILES string of the molecule is COCCCN(C)C(=O)c1cccc(Cl)c1[N+](=O)[O-]. The molecule has 0 spiro atoms. The van der Waals surface area contributed by atoms with E-state index >= 15 is 0 Å². The molecular formula is C12H15ClN2O4. The van der Waals surface area contributed by atoms with Crippen LogP contribution in [0, 0.1) is 10.1 Å². The van der Waals surface area contributed by atoms with Gasteiger partial charge in [0.05, 0.1) is 4.92 Å². The van der Waals surface area contributed by atoms with Gasteiger partial charge < -0.3 is 9.64 Å². The molecule has 0 saturated heterocycles. The Morgan fingerprint density at radius 1 is 1.53 bits per heavy atom. The number of amides is 1. The van der Waals surface area contributed by atoms with Gasteiger partial charge in [0.1, 0.15) is 10.6 Å². The van der Waals surface area contributed by atoms with Crippen LogP contribution in [0.5, 0.6) is 0 Å². The second-order valence-corrected chi connectivity index (χ2v) is 4.37. The molecule has 19 heavy (non-hydrogen) atoms. The van der Waals surface area contributed by atoms with Gasteiger partial charge >= 0.3 is 5.69 Å². The van der Waals surface area contributed by atoms with Gasteiger partial charge in [-0.2, -0.15) is 0 Å². The number of nitro groups is 1. The number of para-hydroxylation sites is 1. The molecule has 6 nitrogen and oxygen atoms in total. The molecule has 0 aliphatic rings. The summed E-state index contributed by atoms with van der Waals surface area (Å²) in [6.07, 6.45) is 0.660. The number of halogens is 1. The largest absolute Gasteiger partial charge is 0.385 e. The Hall–Kier alpha value is -1.66. The average molecular weight is 287 g/mol. The predicted octanol–water partition coefficient (Wildman–Crippen LogP) is 2.36. The monoisotopic (exact) mass is 286 g/mol. The topological polar surface area (TPSA) is 72.7 Å². The van der Waals surface area contributed by atoms with E-state index < -0.39 is 10.8 Å². The van der Waals surface area contributed by atoms with Crippen molar-refractivity contribution in [1.29, 1.82) is 0 Å². The summed E-state index contributed by atoms with van der Waals surface area (Å²) in [5.41, 5.74) is -0.356. The van der Waals surface area contributed by atoms with Crippen LogP contribution in [0.25, 0.3) is 0 Å². The minimum absolute atomic E-state index is 0.00239. The molecule has 0 saturated carbocycles. The van der Waals surface area contributed by atoms with E-state index in [9.17, 15) is 14.9 Å². The number of nitrogens with zero attached hydrogens (tertiary/aromatic N) is 2. The highest BCUT2D eigenvalue weighted by molar-refractivity contribution is 6.33. The van der Waals surface area contributed by atoms with Crippen molar-refractivity contribution in [3.05, 3.63) is 38.9 Å². The second-order valence-electron chi connectivity index (χ2n) is 3.97. The summed E-state index contributed by atoms with van der Waals surface area (Å²) in [7, 11) is 3.16. The Labute approximate surface area is 116 Å². The lowest BCUT2D eigenvalue weighted by Gasteiger charge is -2.17. The van der Waals surface area contributed by atoms with Gasteiger partial charge in [0.2, 0.25) is 0 Å². The third-order valence-corrected chi connectivity index (χ3v) is 2.89. The van der Waals surface area contributed by atoms with Crippen molar-refractivity contribution >= 4 is 23.2 Å². The van der Waals surface area contributed by atoms with Gasteiger partial charge in [-0.05, 0) is 18.6 Å². The molecule has 0 bridgehead atoms. The van der Waals surface area contributed by atoms with E-state index in [1.54, 1.807) is 14.2 Å². The fourth-order valence-corrected chi connectivity index (χ4v) is 1.87. The zero-order valence-corrected chi connectivity index (χ0v) is 11.5. The van der Waals surface area contributed by atoms with Crippen LogP contribution in [-0.2, 0) is 4.74 Å². The molecule has 1 aromatic carbocycles. The van der Waals surface area contributed by atoms with Crippen molar-refractivity contribution in [1.82, 2.24) is 4.90 Å². The number of hydrogen-bond donors (Lipinski definition) is 0. The number of benzene rings is 1. The molecule has 0 aromatic heterocycles. The van der Waals surface area contributed by atoms with Crippen LogP contribution in [-0.4, -0.2) is 43.0 Å². The first-order valence-corrected chi connectivity index (χ1v) is 6.04. The van der Waals surface area contributed by atoms with Crippen LogP contribution in [0.4, 0.5) is 5.69 Å². The van der Waals surface area contributed by atoms with E-state index in [2.05, 4.69) is 0 Å². The van der Waals surface area contributed by atoms with Gasteiger partial charge in [0.25, 0.3) is 5.91 Å². The quantitative estimate of drug-likeness (QED) is 0.457. The fraction of sp³-hybridized carbons (Fsp3) is 0.417. The molecule has 1 rings (SSSR count). The third-order valence-electron chi connectivity index (χ3n) is 2.59. The van der Waals surface area contributed by atoms with Crippen molar-refractivity contribution in [3.63, 3.8) is 0 Å². The number of methoxy groups -OCH3 is 1. The highest BCUT2D eigenvalue weighted by Crippen LogP contribution is 2.28. The molecule has 0 radical (unpaired) electrons. The lowest BCUT2D eigenvalue weighted by Crippen LogP contribution is -2.29. The van der Waals surface area contributed by atoms with Crippen LogP contribution in [0.15, 0.2) is 18.2 Å². The van der Waals surface area contributed by atoms with Crippen LogP contribution in [0.3, 0.4) is 0 Å². The van der Waals surface area contributed by atoms with E-state index in [4.69, 9.17) is 16.3 Å². The minimum Gasteiger partial charge on any atom is -0.385 e. The Balaban J connectivity index is 2.93. The molecule has 1 aromatic rings. The van der Waals surface area contributed by atoms with Gasteiger partial charge in [-0.15, -0.1) is 0 Å². The van der Waals surface area contributed by atoms with E-state index in [1.807, 2.05) is 0 Å². The number of carbonyl (C=O) groups is 1. The Bertz CT molecular complexity index is 479. The van der Waals surface area contributed by atoms with E-state index in [1.165, 1.54) is 23.1 Å². The fourth-order valence-electron chi connectivity index (χ4n) is 1.63. The van der Waals surface area contributed by atoms with Crippen molar-refractivity contribution < 1.29 is 14.5 Å². The lowest BCUT2D eigenvalue weighted by molar-refractivity contribution is -0.385. The predicted molar refractivity (Wildman–Crippen MR) is 71.6 cm³/mol. The summed E-state index contributed by atoms with van der Waals surface area (Å²) >= 11 is 5.77. The summed E-state index contributed by atoms with van der Waals surface area (Å²) in [6, 6.07) is 4.31. The standard InChI is InChI=1S/C12H15ClN2O4/c1-14(7-4-8-19-2)12(16)9-5-3-6-10(13)11(9)15(17)18/h3,5-6H,4,7-8H2,1-2H3. The zero-order chi connectivity index (χ0) is 14.4. The Morgan fingerprint density at radius 2 is 2.21 bits per heavy atom. The summed E-state index contributed by atoms with van der Waals surface area (Å²) in [4.78, 5) is 23.9. The summed E-state index contributed by atoms with van der Waals surface area (Å²) in [6.45, 7) is 0.978. The molecular weight excluding hydrogens is 272 g/mol. The first kappa shape index (κ1) is 15.4. The maximum absolute atomic E-state index is 12.1. The van der Waals surface area contributed by atoms with Crippen LogP contribution in [0.1, 0.15) is 16.8 Å². The highest BCUT2D eigenvalue weighted by Gasteiger charge is 2.25. The molecule has 0 fully saturated rings. The highest BCUT2D eigenvalue weighted by atomic mass is 35.5. The molecule has 104 valence electrons. The maximum Gasteiger partial charge on any atom is 0.300 e. The van der Waals surface area contributed by atoms with Gasteiger partial charge in [0.15, 0.2) is 0 Å². The summed E-state index contributed by atoms with van der Waals surface area (Å²) in [5.74, 6) is -0.426. The number of hydrogen-bond acceptors (Lipinski definition) is 4. The van der Waals surface area contributed by atoms with Gasteiger partial charge in [-0.25, -0.2) is 0 Å². The van der Waals surface area contributed by atoms with Gasteiger partial charge in [0, 0.05) is 27.3 Å². The van der Waals surface area contributed by atoms with Crippen LogP contribution < -0.4 is 0 Å². The number of ether oxygens (including phenoxy) is 1. The number of rotatable bonds is 6. The average Bonchev–Trinajstić information content (AvgIpc) is 2.37. The van der Waals surface area contributed by atoms with Crippen LogP contribution in [0.2, 0.25) is 5.02 Å². The normalized spacial score (nSPS) is 10.3. The van der Waals surface area contributed by atoms with Crippen molar-refractivity contribution in [2.75, 3.05) is 27.3 Å². The molecule has 0 aliphatic heterocycles. The molecule has 0 unspecified atom stereocenters. The number of nitro benzene ring substituents is 1. The number of carbonyl (C=O) groups excluding carboxylic acids is 1. The van der Waals surface area contributed by atoms with Crippen molar-refractivity contribution in [2.24, 2.45) is 0 Å². The minimum atomic E-state index is -0.640. The maximum atomic E-state index is 12.1. The van der Waals surface area contributed by atoms with E-state index in [0.29, 0.717) is 19.6 Å². The Morgan fingerprint density at radius 3 is 2.79 bits per heavy atom. The van der Waals surface area contributed by atoms with Gasteiger partial charge in [-0.3, -0.25) is 14.9 Å². The third kappa shape index (κ3) is 3.90. The summed E-state index contributed by atoms with van der Waals surface area (Å²) in [5, 5.41) is 10.9. The molecule has 0 N–H and O–H groups in total. The zero-order valence-electron chi connectivity index (χ0n) is 10.8. The molecule has 1 amide bonds. The molecule has 0 heterocycles. The lowest BCUT2D eigenvalue weighted by atomic mass is 10.1. The van der Waals surface area contributed by atoms with E-state index in [0.717, 1.165) is 0 Å². The molecule has 0 atom stereocenters. The summed E-state index contributed by atoms with van der Waals surface area (Å²) < 4.78 is 4.89. The van der Waals surface area contributed by atoms with Crippen molar-refractivity contribution in [3.8, 4) is 0 Å². The second kappa shape index (κ2) is 7.06. The first-order valence-electron chi connectivity index (χ1n) is 5.66. The van der Waals surface area contributed by atoms with Gasteiger partial charge in [-0.1, -0.05) is 17.7 Å². The smallest absolute Gasteiger partial charge is 0.300 e. The van der Waals surface area contributed by atoms with Crippen LogP contribution >= 0.6 is 11.6 Å². The van der Waals surface area contributed by atoms with Crippen molar-refractivity contribution in [2.45, 2.75) is 6.42 Å². The Kier molecular flexibility index (Phi) is 5.72. The molecule has 7 heteroatoms.